The predicted molar refractivity (Wildman–Crippen MR) is 95.2 cm³/mol. The Morgan fingerprint density at radius 1 is 1.24 bits per heavy atom. The minimum atomic E-state index is 0. The monoisotopic (exact) mass is 400 g/mol. The Labute approximate surface area is 142 Å². The third-order valence-electron chi connectivity index (χ3n) is 3.68. The number of nitrogens with zero attached hydrogens (tertiary/aromatic N) is 2. The maximum absolute atomic E-state index is 11.7. The Morgan fingerprint density at radius 3 is 2.67 bits per heavy atom. The van der Waals surface area contributed by atoms with Gasteiger partial charge >= 0.3 is 0 Å². The molecule has 0 spiro atoms. The second-order valence-electron chi connectivity index (χ2n) is 5.18. The summed E-state index contributed by atoms with van der Waals surface area (Å²) in [6.45, 7) is 3.48. The van der Waals surface area contributed by atoms with Crippen LogP contribution in [0.2, 0.25) is 0 Å². The van der Waals surface area contributed by atoms with E-state index in [1.54, 1.807) is 0 Å². The van der Waals surface area contributed by atoms with E-state index in [1.807, 2.05) is 17.0 Å². The fourth-order valence-electron chi connectivity index (χ4n) is 2.55. The highest BCUT2D eigenvalue weighted by atomic mass is 127. The fraction of sp³-hybridized carbons (Fsp3) is 0.467. The van der Waals surface area contributed by atoms with E-state index in [1.165, 1.54) is 5.56 Å². The van der Waals surface area contributed by atoms with E-state index >= 15 is 0 Å². The molecule has 0 bridgehead atoms. The van der Waals surface area contributed by atoms with Gasteiger partial charge in [0.05, 0.1) is 0 Å². The number of hydrogen-bond donors (Lipinski definition) is 2. The number of guanidine groups is 1. The first kappa shape index (κ1) is 16.1. The summed E-state index contributed by atoms with van der Waals surface area (Å²) in [7, 11) is 0. The Hall–Kier alpha value is -1.31. The van der Waals surface area contributed by atoms with Crippen LogP contribution in [-0.2, 0) is 11.3 Å². The average molecular weight is 400 g/mol. The molecular formula is C15H21IN4O. The number of hydrogen-bond acceptors (Lipinski definition) is 4. The van der Waals surface area contributed by atoms with Gasteiger partial charge in [-0.15, -0.1) is 24.0 Å². The molecule has 114 valence electrons. The molecule has 6 heteroatoms. The quantitative estimate of drug-likeness (QED) is 0.762. The van der Waals surface area contributed by atoms with E-state index < -0.39 is 0 Å². The van der Waals surface area contributed by atoms with Crippen molar-refractivity contribution in [2.75, 3.05) is 24.5 Å². The van der Waals surface area contributed by atoms with Gasteiger partial charge in [0, 0.05) is 38.3 Å². The fourth-order valence-corrected chi connectivity index (χ4v) is 2.55. The summed E-state index contributed by atoms with van der Waals surface area (Å²) in [4.78, 5) is 17.9. The van der Waals surface area contributed by atoms with Crippen molar-refractivity contribution >= 4 is 41.5 Å². The number of benzene rings is 1. The van der Waals surface area contributed by atoms with Gasteiger partial charge in [-0.3, -0.25) is 9.79 Å². The van der Waals surface area contributed by atoms with Gasteiger partial charge in [-0.05, 0) is 30.5 Å². The van der Waals surface area contributed by atoms with Crippen LogP contribution in [-0.4, -0.2) is 31.5 Å². The Morgan fingerprint density at radius 2 is 2.05 bits per heavy atom. The normalized spacial score (nSPS) is 17.8. The van der Waals surface area contributed by atoms with Crippen LogP contribution in [0.25, 0.3) is 0 Å². The molecule has 1 aromatic carbocycles. The SMILES string of the molecule is I.O=C1CCCN1c1ccc(CNC2=NCCCN2)cc1. The summed E-state index contributed by atoms with van der Waals surface area (Å²) in [5.74, 6) is 1.12. The number of nitrogens with one attached hydrogen (secondary N) is 2. The molecule has 0 unspecified atom stereocenters. The number of carbonyl (C=O) groups is 1. The van der Waals surface area contributed by atoms with E-state index in [9.17, 15) is 4.79 Å². The van der Waals surface area contributed by atoms with Gasteiger partial charge < -0.3 is 15.5 Å². The second-order valence-corrected chi connectivity index (χ2v) is 5.18. The third kappa shape index (κ3) is 4.09. The van der Waals surface area contributed by atoms with Gasteiger partial charge in [0.15, 0.2) is 5.96 Å². The molecule has 1 fully saturated rings. The van der Waals surface area contributed by atoms with Crippen molar-refractivity contribution in [3.05, 3.63) is 29.8 Å². The van der Waals surface area contributed by atoms with Gasteiger partial charge in [-0.1, -0.05) is 12.1 Å². The van der Waals surface area contributed by atoms with Crippen molar-refractivity contribution in [3.63, 3.8) is 0 Å². The molecule has 0 saturated carbocycles. The van der Waals surface area contributed by atoms with E-state index in [0.29, 0.717) is 6.42 Å². The zero-order chi connectivity index (χ0) is 13.8. The summed E-state index contributed by atoms with van der Waals surface area (Å²) in [5, 5.41) is 6.53. The molecule has 0 radical (unpaired) electrons. The molecule has 0 atom stereocenters. The van der Waals surface area contributed by atoms with Gasteiger partial charge in [-0.2, -0.15) is 0 Å². The molecule has 1 aromatic rings. The van der Waals surface area contributed by atoms with Crippen LogP contribution >= 0.6 is 24.0 Å². The summed E-state index contributed by atoms with van der Waals surface area (Å²) in [6.07, 6.45) is 2.74. The smallest absolute Gasteiger partial charge is 0.227 e. The second kappa shape index (κ2) is 7.63. The van der Waals surface area contributed by atoms with Crippen molar-refractivity contribution < 1.29 is 4.79 Å². The first-order valence-electron chi connectivity index (χ1n) is 7.24. The molecule has 0 aromatic heterocycles. The van der Waals surface area contributed by atoms with Crippen molar-refractivity contribution in [1.29, 1.82) is 0 Å². The minimum absolute atomic E-state index is 0. The molecule has 2 N–H and O–H groups in total. The molecule has 21 heavy (non-hydrogen) atoms. The van der Waals surface area contributed by atoms with Crippen molar-refractivity contribution in [2.45, 2.75) is 25.8 Å². The van der Waals surface area contributed by atoms with Gasteiger partial charge in [0.25, 0.3) is 0 Å². The van der Waals surface area contributed by atoms with Gasteiger partial charge in [-0.25, -0.2) is 0 Å². The highest BCUT2D eigenvalue weighted by Gasteiger charge is 2.21. The van der Waals surface area contributed by atoms with Crippen LogP contribution in [0.4, 0.5) is 5.69 Å². The largest absolute Gasteiger partial charge is 0.356 e. The highest BCUT2D eigenvalue weighted by Crippen LogP contribution is 2.21. The van der Waals surface area contributed by atoms with Crippen LogP contribution in [0.1, 0.15) is 24.8 Å². The van der Waals surface area contributed by atoms with E-state index in [4.69, 9.17) is 0 Å². The Kier molecular flexibility index (Phi) is 5.84. The topological polar surface area (TPSA) is 56.7 Å². The third-order valence-corrected chi connectivity index (χ3v) is 3.68. The van der Waals surface area contributed by atoms with Gasteiger partial charge in [0.2, 0.25) is 5.91 Å². The summed E-state index contributed by atoms with van der Waals surface area (Å²) >= 11 is 0. The lowest BCUT2D eigenvalue weighted by molar-refractivity contribution is -0.117. The molecule has 2 aliphatic rings. The maximum atomic E-state index is 11.7. The number of rotatable bonds is 3. The standard InChI is InChI=1S/C15H20N4O.HI/c20-14-3-1-10-19(14)13-6-4-12(5-7-13)11-18-15-16-8-2-9-17-15;/h4-7H,1-3,8-11H2,(H2,16,17,18);1H. The summed E-state index contributed by atoms with van der Waals surface area (Å²) < 4.78 is 0. The highest BCUT2D eigenvalue weighted by molar-refractivity contribution is 14.0. The number of carbonyl (C=O) groups excluding carboxylic acids is 1. The van der Waals surface area contributed by atoms with E-state index in [0.717, 1.165) is 50.7 Å². The maximum Gasteiger partial charge on any atom is 0.227 e. The number of amides is 1. The lowest BCUT2D eigenvalue weighted by atomic mass is 10.2. The van der Waals surface area contributed by atoms with Crippen LogP contribution in [0.15, 0.2) is 29.3 Å². The lowest BCUT2D eigenvalue weighted by Crippen LogP contribution is -2.40. The predicted octanol–water partition coefficient (Wildman–Crippen LogP) is 1.87. The molecule has 5 nitrogen and oxygen atoms in total. The summed E-state index contributed by atoms with van der Waals surface area (Å²) in [5.41, 5.74) is 2.19. The molecule has 2 aliphatic heterocycles. The molecule has 2 heterocycles. The van der Waals surface area contributed by atoms with Crippen LogP contribution in [0, 0.1) is 0 Å². The Balaban J connectivity index is 0.00000161. The zero-order valence-corrected chi connectivity index (χ0v) is 14.3. The molecule has 3 rings (SSSR count). The molecule has 0 aliphatic carbocycles. The Bertz CT molecular complexity index is 515. The van der Waals surface area contributed by atoms with Crippen molar-refractivity contribution in [3.8, 4) is 0 Å². The molecular weight excluding hydrogens is 379 g/mol. The minimum Gasteiger partial charge on any atom is -0.356 e. The van der Waals surface area contributed by atoms with Crippen LogP contribution in [0.3, 0.4) is 0 Å². The first-order valence-corrected chi connectivity index (χ1v) is 7.24. The number of aliphatic imine (C=N–C) groups is 1. The lowest BCUT2D eigenvalue weighted by Gasteiger charge is -2.17. The van der Waals surface area contributed by atoms with Gasteiger partial charge in [0.1, 0.15) is 0 Å². The van der Waals surface area contributed by atoms with E-state index in [-0.39, 0.29) is 29.9 Å². The van der Waals surface area contributed by atoms with Crippen molar-refractivity contribution in [1.82, 2.24) is 10.6 Å². The van der Waals surface area contributed by atoms with Crippen LogP contribution < -0.4 is 15.5 Å². The molecule has 1 amide bonds. The van der Waals surface area contributed by atoms with E-state index in [2.05, 4.69) is 27.8 Å². The number of anilines is 1. The summed E-state index contributed by atoms with van der Waals surface area (Å²) in [6, 6.07) is 8.18. The van der Waals surface area contributed by atoms with Crippen molar-refractivity contribution in [2.24, 2.45) is 4.99 Å². The number of halogens is 1. The zero-order valence-electron chi connectivity index (χ0n) is 12.0. The molecule has 1 saturated heterocycles. The first-order chi connectivity index (χ1) is 9.83. The van der Waals surface area contributed by atoms with Crippen LogP contribution in [0.5, 0.6) is 0 Å². The average Bonchev–Trinajstić information content (AvgIpc) is 2.93.